The Morgan fingerprint density at radius 1 is 0.844 bits per heavy atom. The van der Waals surface area contributed by atoms with Crippen LogP contribution in [-0.4, -0.2) is 45.3 Å². The Hall–Kier alpha value is -3.26. The summed E-state index contributed by atoms with van der Waals surface area (Å²) in [4.78, 5) is 27.2. The van der Waals surface area contributed by atoms with E-state index >= 15 is 0 Å². The van der Waals surface area contributed by atoms with E-state index in [2.05, 4.69) is 15.9 Å². The molecule has 0 unspecified atom stereocenters. The summed E-state index contributed by atoms with van der Waals surface area (Å²) < 4.78 is 21.6. The van der Waals surface area contributed by atoms with Gasteiger partial charge in [-0.2, -0.15) is 0 Å². The van der Waals surface area contributed by atoms with Crippen molar-refractivity contribution in [2.24, 2.45) is 0 Å². The number of rotatable bonds is 7. The third-order valence-corrected chi connectivity index (χ3v) is 5.62. The molecule has 3 rings (SSSR count). The molecule has 1 aliphatic heterocycles. The zero-order valence-electron chi connectivity index (χ0n) is 18.3. The van der Waals surface area contributed by atoms with Crippen molar-refractivity contribution in [1.82, 2.24) is 4.90 Å². The first kappa shape index (κ1) is 23.4. The molecule has 0 amide bonds. The van der Waals surface area contributed by atoms with Crippen LogP contribution < -0.4 is 9.47 Å². The summed E-state index contributed by atoms with van der Waals surface area (Å²) in [6, 6.07) is 13.0. The summed E-state index contributed by atoms with van der Waals surface area (Å²) in [7, 11) is 5.77. The van der Waals surface area contributed by atoms with Crippen molar-refractivity contribution in [1.29, 1.82) is 0 Å². The van der Waals surface area contributed by atoms with Crippen LogP contribution in [0, 0.1) is 0 Å². The van der Waals surface area contributed by atoms with Gasteiger partial charge in [-0.25, -0.2) is 9.59 Å². The lowest BCUT2D eigenvalue weighted by atomic mass is 9.83. The molecule has 0 spiro atoms. The summed E-state index contributed by atoms with van der Waals surface area (Å²) in [6.07, 6.45) is 3.39. The first-order valence-electron chi connectivity index (χ1n) is 9.74. The maximum absolute atomic E-state index is 12.7. The number of carbonyl (C=O) groups excluding carboxylic acids is 2. The Morgan fingerprint density at radius 3 is 1.91 bits per heavy atom. The summed E-state index contributed by atoms with van der Waals surface area (Å²) >= 11 is 3.41. The second-order valence-electron chi connectivity index (χ2n) is 7.00. The molecular formula is C24H24BrNO6. The number of hydrogen-bond acceptors (Lipinski definition) is 7. The molecule has 168 valence electrons. The van der Waals surface area contributed by atoms with Crippen LogP contribution in [0.1, 0.15) is 17.0 Å². The third kappa shape index (κ3) is 4.96. The fraction of sp³-hybridized carbons (Fsp3) is 0.250. The number of esters is 2. The third-order valence-electron chi connectivity index (χ3n) is 5.09. The van der Waals surface area contributed by atoms with Gasteiger partial charge >= 0.3 is 11.9 Å². The molecule has 0 saturated carbocycles. The molecule has 0 N–H and O–H groups in total. The highest BCUT2D eigenvalue weighted by Gasteiger charge is 2.35. The summed E-state index contributed by atoms with van der Waals surface area (Å²) in [5.74, 6) is -0.468. The minimum Gasteiger partial charge on any atom is -0.493 e. The topological polar surface area (TPSA) is 74.3 Å². The molecule has 0 aromatic heterocycles. The monoisotopic (exact) mass is 501 g/mol. The Morgan fingerprint density at radius 2 is 1.41 bits per heavy atom. The minimum atomic E-state index is -0.621. The standard InChI is InChI=1S/C24H24BrNO6/c1-29-20-10-5-15(11-21(20)30-2)12-26-13-18(23(27)31-3)22(19(14-26)24(28)32-4)16-6-8-17(25)9-7-16/h5-11,13-14,22H,12H2,1-4H3. The second-order valence-corrected chi connectivity index (χ2v) is 7.91. The van der Waals surface area contributed by atoms with Crippen molar-refractivity contribution in [3.05, 3.63) is 81.6 Å². The van der Waals surface area contributed by atoms with Crippen LogP contribution in [0.4, 0.5) is 0 Å². The zero-order valence-corrected chi connectivity index (χ0v) is 19.8. The molecule has 2 aromatic carbocycles. The number of methoxy groups -OCH3 is 4. The highest BCUT2D eigenvalue weighted by Crippen LogP contribution is 2.38. The molecule has 1 heterocycles. The first-order valence-corrected chi connectivity index (χ1v) is 10.5. The molecule has 7 nitrogen and oxygen atoms in total. The van der Waals surface area contributed by atoms with E-state index in [1.165, 1.54) is 14.2 Å². The molecule has 0 bridgehead atoms. The van der Waals surface area contributed by atoms with Crippen molar-refractivity contribution in [3.8, 4) is 11.5 Å². The SMILES string of the molecule is COC(=O)C1=CN(Cc2ccc(OC)c(OC)c2)C=C(C(=O)OC)C1c1ccc(Br)cc1. The smallest absolute Gasteiger partial charge is 0.336 e. The Labute approximate surface area is 195 Å². The molecular weight excluding hydrogens is 478 g/mol. The van der Waals surface area contributed by atoms with Crippen LogP contribution in [0.3, 0.4) is 0 Å². The maximum Gasteiger partial charge on any atom is 0.336 e. The van der Waals surface area contributed by atoms with Gasteiger partial charge in [-0.05, 0) is 35.4 Å². The van der Waals surface area contributed by atoms with E-state index in [1.54, 1.807) is 37.6 Å². The molecule has 2 aromatic rings. The number of halogens is 1. The maximum atomic E-state index is 12.7. The van der Waals surface area contributed by atoms with Crippen molar-refractivity contribution in [3.63, 3.8) is 0 Å². The molecule has 0 atom stereocenters. The minimum absolute atomic E-state index is 0.332. The van der Waals surface area contributed by atoms with Gasteiger partial charge in [-0.3, -0.25) is 0 Å². The van der Waals surface area contributed by atoms with Crippen LogP contribution >= 0.6 is 15.9 Å². The molecule has 1 aliphatic rings. The Kier molecular flexibility index (Phi) is 7.58. The molecule has 0 saturated heterocycles. The quantitative estimate of drug-likeness (QED) is 0.526. The lowest BCUT2D eigenvalue weighted by Crippen LogP contribution is -2.28. The molecule has 0 aliphatic carbocycles. The predicted molar refractivity (Wildman–Crippen MR) is 122 cm³/mol. The summed E-state index contributed by atoms with van der Waals surface area (Å²) in [6.45, 7) is 0.383. The molecule has 0 fully saturated rings. The highest BCUT2D eigenvalue weighted by molar-refractivity contribution is 9.10. The van der Waals surface area contributed by atoms with Gasteiger partial charge in [0.1, 0.15) is 0 Å². The van der Waals surface area contributed by atoms with Gasteiger partial charge in [0.2, 0.25) is 0 Å². The van der Waals surface area contributed by atoms with Gasteiger partial charge in [0.15, 0.2) is 11.5 Å². The van der Waals surface area contributed by atoms with E-state index in [9.17, 15) is 9.59 Å². The molecule has 32 heavy (non-hydrogen) atoms. The van der Waals surface area contributed by atoms with Gasteiger partial charge in [0.25, 0.3) is 0 Å². The number of benzene rings is 2. The van der Waals surface area contributed by atoms with Crippen LogP contribution in [0.5, 0.6) is 11.5 Å². The van der Waals surface area contributed by atoms with Crippen LogP contribution in [0.25, 0.3) is 0 Å². The van der Waals surface area contributed by atoms with Crippen LogP contribution in [-0.2, 0) is 25.6 Å². The van der Waals surface area contributed by atoms with Gasteiger partial charge < -0.3 is 23.8 Å². The van der Waals surface area contributed by atoms with Crippen molar-refractivity contribution in [2.75, 3.05) is 28.4 Å². The van der Waals surface area contributed by atoms with Crippen LogP contribution in [0.15, 0.2) is 70.5 Å². The zero-order chi connectivity index (χ0) is 23.3. The van der Waals surface area contributed by atoms with Gasteiger partial charge in [-0.15, -0.1) is 0 Å². The Bertz CT molecular complexity index is 1030. The van der Waals surface area contributed by atoms with Crippen molar-refractivity contribution in [2.45, 2.75) is 12.5 Å². The Balaban J connectivity index is 2.05. The van der Waals surface area contributed by atoms with E-state index < -0.39 is 17.9 Å². The fourth-order valence-corrected chi connectivity index (χ4v) is 3.85. The average Bonchev–Trinajstić information content (AvgIpc) is 2.83. The van der Waals surface area contributed by atoms with Crippen molar-refractivity contribution < 1.29 is 28.5 Å². The lowest BCUT2D eigenvalue weighted by Gasteiger charge is -2.30. The van der Waals surface area contributed by atoms with Crippen molar-refractivity contribution >= 4 is 27.9 Å². The molecule has 0 radical (unpaired) electrons. The first-order chi connectivity index (χ1) is 15.4. The van der Waals surface area contributed by atoms with E-state index in [4.69, 9.17) is 18.9 Å². The van der Waals surface area contributed by atoms with E-state index in [0.29, 0.717) is 29.2 Å². The second kappa shape index (κ2) is 10.4. The largest absolute Gasteiger partial charge is 0.493 e. The summed E-state index contributed by atoms with van der Waals surface area (Å²) in [5, 5.41) is 0. The van der Waals surface area contributed by atoms with Gasteiger partial charge in [-0.1, -0.05) is 34.1 Å². The van der Waals surface area contributed by atoms with Gasteiger partial charge in [0, 0.05) is 23.4 Å². The number of hydrogen-bond donors (Lipinski definition) is 0. The number of carbonyl (C=O) groups is 2. The van der Waals surface area contributed by atoms with Crippen LogP contribution in [0.2, 0.25) is 0 Å². The van der Waals surface area contributed by atoms with E-state index in [-0.39, 0.29) is 0 Å². The average molecular weight is 502 g/mol. The van der Waals surface area contributed by atoms with E-state index in [1.807, 2.05) is 36.4 Å². The number of nitrogens with zero attached hydrogens (tertiary/aromatic N) is 1. The summed E-state index contributed by atoms with van der Waals surface area (Å²) in [5.41, 5.74) is 2.33. The van der Waals surface area contributed by atoms with E-state index in [0.717, 1.165) is 15.6 Å². The predicted octanol–water partition coefficient (Wildman–Crippen LogP) is 4.18. The highest BCUT2D eigenvalue weighted by atomic mass is 79.9. The normalized spacial score (nSPS) is 13.7. The lowest BCUT2D eigenvalue weighted by molar-refractivity contribution is -0.137. The van der Waals surface area contributed by atoms with Gasteiger partial charge in [0.05, 0.1) is 45.5 Å². The molecule has 8 heteroatoms. The number of ether oxygens (including phenoxy) is 4. The fourth-order valence-electron chi connectivity index (χ4n) is 3.58.